The molecule has 0 aliphatic rings. The minimum Gasteiger partial charge on any atom is -0.285 e. The van der Waals surface area contributed by atoms with Gasteiger partial charge < -0.3 is 0 Å². The number of hydrogen-bond donors (Lipinski definition) is 0. The third-order valence-corrected chi connectivity index (χ3v) is 7.82. The molecule has 0 spiro atoms. The predicted octanol–water partition coefficient (Wildman–Crippen LogP) is 2.98. The van der Waals surface area contributed by atoms with E-state index in [2.05, 4.69) is 20.8 Å². The second-order valence-electron chi connectivity index (χ2n) is 5.66. The Labute approximate surface area is 110 Å². The Morgan fingerprint density at radius 2 is 1.06 bits per heavy atom. The molecule has 0 unspecified atom stereocenters. The first kappa shape index (κ1) is 13.1. The van der Waals surface area contributed by atoms with Gasteiger partial charge in [0.2, 0.25) is 0 Å². The Hall–Kier alpha value is -1.38. The molecule has 0 aromatic heterocycles. The summed E-state index contributed by atoms with van der Waals surface area (Å²) >= 11 is 0. The maximum absolute atomic E-state index is 13.7. The lowest BCUT2D eigenvalue weighted by Crippen LogP contribution is -2.63. The highest BCUT2D eigenvalue weighted by molar-refractivity contribution is 6.98. The van der Waals surface area contributed by atoms with Crippen molar-refractivity contribution in [1.29, 1.82) is 0 Å². The number of hydrogen-bond acceptors (Lipinski definition) is 0. The van der Waals surface area contributed by atoms with Gasteiger partial charge in [0.1, 0.15) is 0 Å². The molecule has 2 heteroatoms. The van der Waals surface area contributed by atoms with Crippen molar-refractivity contribution >= 4 is 18.7 Å². The van der Waals surface area contributed by atoms with E-state index in [9.17, 15) is 4.80 Å². The van der Waals surface area contributed by atoms with E-state index in [1.807, 2.05) is 60.7 Å². The lowest BCUT2D eigenvalue weighted by atomic mass is 10.2. The van der Waals surface area contributed by atoms with Gasteiger partial charge in [-0.3, -0.25) is 4.80 Å². The summed E-state index contributed by atoms with van der Waals surface area (Å²) in [6.07, 6.45) is 0. The minimum absolute atomic E-state index is 0.254. The van der Waals surface area contributed by atoms with Gasteiger partial charge in [-0.05, 0) is 15.4 Å². The molecule has 2 aromatic carbocycles. The molecule has 93 valence electrons. The van der Waals surface area contributed by atoms with Gasteiger partial charge in [-0.1, -0.05) is 81.4 Å². The van der Waals surface area contributed by atoms with Crippen LogP contribution in [-0.4, -0.2) is 8.32 Å². The Balaban J connectivity index is 2.63. The molecule has 18 heavy (non-hydrogen) atoms. The quantitative estimate of drug-likeness (QED) is 0.735. The first-order valence-corrected chi connectivity index (χ1v) is 8.18. The van der Waals surface area contributed by atoms with E-state index in [1.165, 1.54) is 0 Å². The van der Waals surface area contributed by atoms with E-state index in [0.717, 1.165) is 10.4 Å². The minimum atomic E-state index is -2.95. The maximum Gasteiger partial charge on any atom is 0.304 e. The van der Waals surface area contributed by atoms with E-state index < -0.39 is 8.32 Å². The Kier molecular flexibility index (Phi) is 3.42. The molecule has 0 aliphatic heterocycles. The van der Waals surface area contributed by atoms with Crippen molar-refractivity contribution in [3.05, 3.63) is 60.7 Å². The molecule has 0 amide bonds. The number of benzene rings is 2. The van der Waals surface area contributed by atoms with E-state index in [0.29, 0.717) is 0 Å². The molecular weight excluding hydrogens is 236 g/mol. The molecule has 0 bridgehead atoms. The van der Waals surface area contributed by atoms with Crippen LogP contribution in [0.2, 0.25) is 5.04 Å². The van der Waals surface area contributed by atoms with Crippen LogP contribution in [0.15, 0.2) is 60.7 Å². The van der Waals surface area contributed by atoms with Gasteiger partial charge in [-0.2, -0.15) is 0 Å². The van der Waals surface area contributed by atoms with Gasteiger partial charge in [0, 0.05) is 0 Å². The van der Waals surface area contributed by atoms with Crippen LogP contribution in [0, 0.1) is 0 Å². The molecule has 0 aliphatic carbocycles. The lowest BCUT2D eigenvalue weighted by molar-refractivity contribution is 0.405. The van der Waals surface area contributed by atoms with Gasteiger partial charge in [0.15, 0.2) is 0 Å². The van der Waals surface area contributed by atoms with Crippen molar-refractivity contribution in [2.24, 2.45) is 0 Å². The van der Waals surface area contributed by atoms with Crippen LogP contribution in [0.25, 0.3) is 0 Å². The standard InChI is InChI=1S/C16H19OSi/c1-16(2,3)18(17,14-10-6-4-7-11-14)15-12-8-5-9-13-15/h4-13H,1-3H3. The van der Waals surface area contributed by atoms with E-state index in [-0.39, 0.29) is 5.04 Å². The van der Waals surface area contributed by atoms with Crippen molar-refractivity contribution in [3.8, 4) is 0 Å². The summed E-state index contributed by atoms with van der Waals surface area (Å²) in [4.78, 5) is 13.7. The van der Waals surface area contributed by atoms with E-state index in [4.69, 9.17) is 0 Å². The van der Waals surface area contributed by atoms with Gasteiger partial charge in [0.05, 0.1) is 0 Å². The van der Waals surface area contributed by atoms with Crippen molar-refractivity contribution in [3.63, 3.8) is 0 Å². The first-order valence-electron chi connectivity index (χ1n) is 6.28. The van der Waals surface area contributed by atoms with E-state index >= 15 is 0 Å². The fourth-order valence-electron chi connectivity index (χ4n) is 2.38. The van der Waals surface area contributed by atoms with Crippen molar-refractivity contribution in [2.75, 3.05) is 0 Å². The molecular formula is C16H19OSi. The fraction of sp³-hybridized carbons (Fsp3) is 0.250. The maximum atomic E-state index is 13.7. The highest BCUT2D eigenvalue weighted by atomic mass is 28.4. The monoisotopic (exact) mass is 255 g/mol. The molecule has 0 saturated carbocycles. The summed E-state index contributed by atoms with van der Waals surface area (Å²) in [6.45, 7) is 6.19. The zero-order chi connectivity index (χ0) is 13.2. The summed E-state index contributed by atoms with van der Waals surface area (Å²) in [6, 6.07) is 19.7. The largest absolute Gasteiger partial charge is 0.304 e. The van der Waals surface area contributed by atoms with Crippen molar-refractivity contribution < 1.29 is 4.80 Å². The van der Waals surface area contributed by atoms with Gasteiger partial charge in [-0.25, -0.2) is 0 Å². The van der Waals surface area contributed by atoms with Crippen LogP contribution in [0.3, 0.4) is 0 Å². The second kappa shape index (κ2) is 4.71. The van der Waals surface area contributed by atoms with Gasteiger partial charge in [-0.15, -0.1) is 0 Å². The van der Waals surface area contributed by atoms with Crippen LogP contribution in [0.4, 0.5) is 0 Å². The third-order valence-electron chi connectivity index (χ3n) is 3.42. The number of rotatable bonds is 2. The van der Waals surface area contributed by atoms with Crippen molar-refractivity contribution in [1.82, 2.24) is 0 Å². The normalized spacial score (nSPS) is 12.4. The summed E-state index contributed by atoms with van der Waals surface area (Å²) in [5.74, 6) is 0. The smallest absolute Gasteiger partial charge is 0.285 e. The van der Waals surface area contributed by atoms with Crippen molar-refractivity contribution in [2.45, 2.75) is 25.8 Å². The van der Waals surface area contributed by atoms with Crippen LogP contribution in [0.5, 0.6) is 0 Å². The molecule has 2 rings (SSSR count). The molecule has 0 heterocycles. The molecule has 0 saturated heterocycles. The van der Waals surface area contributed by atoms with Crippen LogP contribution in [-0.2, 0) is 4.80 Å². The van der Waals surface area contributed by atoms with Crippen LogP contribution in [0.1, 0.15) is 20.8 Å². The van der Waals surface area contributed by atoms with Gasteiger partial charge in [0.25, 0.3) is 0 Å². The third kappa shape index (κ3) is 2.14. The predicted molar refractivity (Wildman–Crippen MR) is 78.3 cm³/mol. The second-order valence-corrected chi connectivity index (χ2v) is 9.68. The fourth-order valence-corrected chi connectivity index (χ4v) is 5.77. The van der Waals surface area contributed by atoms with E-state index in [1.54, 1.807) is 0 Å². The van der Waals surface area contributed by atoms with Gasteiger partial charge >= 0.3 is 8.32 Å². The highest BCUT2D eigenvalue weighted by Gasteiger charge is 2.49. The Morgan fingerprint density at radius 3 is 1.33 bits per heavy atom. The molecule has 2 aromatic rings. The summed E-state index contributed by atoms with van der Waals surface area (Å²) in [5.41, 5.74) is 0. The average Bonchev–Trinajstić information content (AvgIpc) is 2.38. The molecule has 1 radical (unpaired) electrons. The lowest BCUT2D eigenvalue weighted by Gasteiger charge is -2.36. The highest BCUT2D eigenvalue weighted by Crippen LogP contribution is 2.34. The zero-order valence-corrected chi connectivity index (χ0v) is 12.2. The molecule has 0 N–H and O–H groups in total. The zero-order valence-electron chi connectivity index (χ0n) is 11.2. The SMILES string of the molecule is CC(C)(C)[Si]([O])(c1ccccc1)c1ccccc1. The summed E-state index contributed by atoms with van der Waals surface area (Å²) in [7, 11) is -2.95. The molecule has 0 fully saturated rings. The topological polar surface area (TPSA) is 19.9 Å². The molecule has 1 nitrogen and oxygen atoms in total. The molecule has 0 atom stereocenters. The van der Waals surface area contributed by atoms with Crippen LogP contribution < -0.4 is 10.4 Å². The van der Waals surface area contributed by atoms with Crippen LogP contribution >= 0.6 is 0 Å². The summed E-state index contributed by atoms with van der Waals surface area (Å²) < 4.78 is 0. The average molecular weight is 255 g/mol. The Morgan fingerprint density at radius 1 is 0.722 bits per heavy atom. The Bertz CT molecular complexity index is 460. The first-order chi connectivity index (χ1) is 8.46. The summed E-state index contributed by atoms with van der Waals surface area (Å²) in [5, 5.41) is 1.67.